The second kappa shape index (κ2) is 18.9. The molecule has 2 aromatic rings. The van der Waals surface area contributed by atoms with E-state index in [-0.39, 0.29) is 83.8 Å². The van der Waals surface area contributed by atoms with Crippen LogP contribution < -0.4 is 20.9 Å². The number of nitrogens with one attached hydrogen (secondary N) is 2. The molecule has 2 rings (SSSR count). The number of sulfonamides is 2. The predicted molar refractivity (Wildman–Crippen MR) is 173 cm³/mol. The molecule has 22 heteroatoms. The predicted octanol–water partition coefficient (Wildman–Crippen LogP) is -0.328. The number of amides is 2. The van der Waals surface area contributed by atoms with E-state index in [9.17, 15) is 46.2 Å². The lowest BCUT2D eigenvalue weighted by Gasteiger charge is -2.20. The molecule has 0 aliphatic heterocycles. The molecule has 8 N–H and O–H groups in total. The minimum absolute atomic E-state index is 0.0276. The number of hydrogen-bond donors (Lipinski definition) is 6. The number of primary sulfonamides is 2. The number of benzene rings is 2. The van der Waals surface area contributed by atoms with Gasteiger partial charge in [-0.25, -0.2) is 27.1 Å². The Labute approximate surface area is 285 Å². The molecule has 2 aromatic carbocycles. The van der Waals surface area contributed by atoms with Gasteiger partial charge in [0.15, 0.2) is 0 Å². The highest BCUT2D eigenvalue weighted by atomic mass is 35.5. The van der Waals surface area contributed by atoms with E-state index < -0.39 is 56.9 Å². The molecule has 0 saturated carbocycles. The molecule has 2 amide bonds. The molecule has 266 valence electrons. The third-order valence-corrected chi connectivity index (χ3v) is 8.46. The van der Waals surface area contributed by atoms with Gasteiger partial charge in [0.25, 0.3) is 0 Å². The fourth-order valence-corrected chi connectivity index (χ4v) is 5.52. The van der Waals surface area contributed by atoms with Crippen molar-refractivity contribution < 1.29 is 55.7 Å². The molecule has 0 heterocycles. The van der Waals surface area contributed by atoms with Crippen LogP contribution in [0.25, 0.3) is 0 Å². The number of carboxylic acid groups (broad SMARTS) is 2. The summed E-state index contributed by atoms with van der Waals surface area (Å²) in [6, 6.07) is 6.94. The lowest BCUT2D eigenvalue weighted by atomic mass is 10.3. The largest absolute Gasteiger partial charge is 0.480 e. The Morgan fingerprint density at radius 1 is 0.646 bits per heavy atom. The molecule has 0 spiro atoms. The van der Waals surface area contributed by atoms with Crippen molar-refractivity contribution in [2.24, 2.45) is 10.3 Å². The summed E-state index contributed by atoms with van der Waals surface area (Å²) in [5, 5.41) is 33.3. The smallest absolute Gasteiger partial charge is 0.317 e. The summed E-state index contributed by atoms with van der Waals surface area (Å²) in [6.45, 7) is -1.35. The third-order valence-electron chi connectivity index (χ3n) is 6.01. The second-order valence-electron chi connectivity index (χ2n) is 9.90. The molecule has 0 bridgehead atoms. The highest BCUT2D eigenvalue weighted by molar-refractivity contribution is 7.89. The van der Waals surface area contributed by atoms with Crippen LogP contribution >= 0.6 is 23.2 Å². The maximum atomic E-state index is 12.5. The van der Waals surface area contributed by atoms with Crippen molar-refractivity contribution in [1.82, 2.24) is 9.80 Å². The SMILES string of the molecule is NS(=O)(=O)c1ccc(NC(=O)CN(CCOCCOCCN(CC(=O)O)CC(=O)Nc2ccc(S(N)(=O)=O)cc2Cl)CC(=O)O)c(Cl)c1. The molecule has 0 unspecified atom stereocenters. The first-order valence-corrected chi connectivity index (χ1v) is 17.5. The van der Waals surface area contributed by atoms with Crippen molar-refractivity contribution in [3.63, 3.8) is 0 Å². The zero-order valence-electron chi connectivity index (χ0n) is 25.1. The highest BCUT2D eigenvalue weighted by Crippen LogP contribution is 2.25. The second-order valence-corrected chi connectivity index (χ2v) is 13.8. The first-order chi connectivity index (χ1) is 22.3. The number of nitrogens with zero attached hydrogens (tertiary/aromatic N) is 2. The number of nitrogens with two attached hydrogens (primary N) is 2. The number of aliphatic carboxylic acids is 2. The van der Waals surface area contributed by atoms with E-state index in [4.69, 9.17) is 43.0 Å². The fourth-order valence-electron chi connectivity index (χ4n) is 3.85. The number of ether oxygens (including phenoxy) is 2. The molecule has 0 aromatic heterocycles. The zero-order valence-corrected chi connectivity index (χ0v) is 28.3. The van der Waals surface area contributed by atoms with E-state index in [0.717, 1.165) is 24.3 Å². The fraction of sp³-hybridized carbons (Fsp3) is 0.385. The van der Waals surface area contributed by atoms with Crippen LogP contribution in [-0.2, 0) is 48.7 Å². The Balaban J connectivity index is 1.76. The van der Waals surface area contributed by atoms with Gasteiger partial charge in [0.1, 0.15) is 0 Å². The number of halogens is 2. The van der Waals surface area contributed by atoms with Gasteiger partial charge >= 0.3 is 11.9 Å². The Hall–Kier alpha value is -3.44. The average molecular weight is 758 g/mol. The molecule has 0 atom stereocenters. The molecule has 0 fully saturated rings. The first kappa shape index (κ1) is 40.7. The van der Waals surface area contributed by atoms with Gasteiger partial charge in [0.2, 0.25) is 31.9 Å². The minimum atomic E-state index is -4.00. The Bertz CT molecular complexity index is 1570. The van der Waals surface area contributed by atoms with E-state index in [2.05, 4.69) is 10.6 Å². The lowest BCUT2D eigenvalue weighted by Crippen LogP contribution is -2.39. The molecular weight excluding hydrogens is 723 g/mol. The van der Waals surface area contributed by atoms with E-state index in [0.29, 0.717) is 0 Å². The van der Waals surface area contributed by atoms with E-state index >= 15 is 0 Å². The maximum absolute atomic E-state index is 12.5. The average Bonchev–Trinajstić information content (AvgIpc) is 2.94. The van der Waals surface area contributed by atoms with Gasteiger partial charge in [-0.2, -0.15) is 0 Å². The number of hydrogen-bond acceptors (Lipinski definition) is 12. The number of rotatable bonds is 21. The summed E-state index contributed by atoms with van der Waals surface area (Å²) < 4.78 is 56.7. The summed E-state index contributed by atoms with van der Waals surface area (Å²) in [4.78, 5) is 49.6. The number of carbonyl (C=O) groups is 4. The van der Waals surface area contributed by atoms with Gasteiger partial charge in [-0.15, -0.1) is 0 Å². The Kier molecular flexibility index (Phi) is 16.1. The van der Waals surface area contributed by atoms with Crippen LogP contribution in [0, 0.1) is 0 Å². The molecule has 0 aliphatic carbocycles. The summed E-state index contributed by atoms with van der Waals surface area (Å²) >= 11 is 12.0. The normalized spacial score (nSPS) is 11.9. The first-order valence-electron chi connectivity index (χ1n) is 13.6. The van der Waals surface area contributed by atoms with Gasteiger partial charge in [0, 0.05) is 13.1 Å². The van der Waals surface area contributed by atoms with Crippen LogP contribution in [0.5, 0.6) is 0 Å². The van der Waals surface area contributed by atoms with E-state index in [1.165, 1.54) is 21.9 Å². The van der Waals surface area contributed by atoms with Crippen LogP contribution in [-0.4, -0.2) is 126 Å². The van der Waals surface area contributed by atoms with E-state index in [1.54, 1.807) is 0 Å². The molecule has 0 radical (unpaired) electrons. The maximum Gasteiger partial charge on any atom is 0.317 e. The number of carboxylic acids is 2. The van der Waals surface area contributed by atoms with Crippen molar-refractivity contribution in [3.05, 3.63) is 46.4 Å². The molecule has 0 aliphatic rings. The number of carbonyl (C=O) groups excluding carboxylic acids is 2. The lowest BCUT2D eigenvalue weighted by molar-refractivity contribution is -0.140. The van der Waals surface area contributed by atoms with Crippen molar-refractivity contribution in [2.45, 2.75) is 9.79 Å². The summed E-state index contributed by atoms with van der Waals surface area (Å²) in [5.41, 5.74) is 0.198. The van der Waals surface area contributed by atoms with Crippen LogP contribution in [0.3, 0.4) is 0 Å². The molecule has 48 heavy (non-hydrogen) atoms. The number of anilines is 2. The van der Waals surface area contributed by atoms with Crippen molar-refractivity contribution in [1.29, 1.82) is 0 Å². The monoisotopic (exact) mass is 756 g/mol. The molecular formula is C26H34Cl2N6O12S2. The Morgan fingerprint density at radius 3 is 1.29 bits per heavy atom. The van der Waals surface area contributed by atoms with Crippen LogP contribution in [0.4, 0.5) is 11.4 Å². The van der Waals surface area contributed by atoms with Crippen molar-refractivity contribution in [3.8, 4) is 0 Å². The van der Waals surface area contributed by atoms with Crippen molar-refractivity contribution in [2.75, 3.05) is 76.3 Å². The standard InChI is InChI=1S/C26H34Cl2N6O12S2/c27-19-11-17(47(29,41)42)1-3-21(19)31-23(35)13-33(15-25(37)38)5-7-45-9-10-46-8-6-34(16-26(39)40)14-24(36)32-22-4-2-18(12-20(22)28)48(30,43)44/h1-4,11-12H,5-10,13-16H2,(H,31,35)(H,32,36)(H,37,38)(H,39,40)(H2,29,41,42)(H2,30,43,44). The Morgan fingerprint density at radius 2 is 1.00 bits per heavy atom. The van der Waals surface area contributed by atoms with Gasteiger partial charge in [-0.05, 0) is 36.4 Å². The quantitative estimate of drug-likeness (QED) is 0.0891. The van der Waals surface area contributed by atoms with Crippen LogP contribution in [0.15, 0.2) is 46.2 Å². The highest BCUT2D eigenvalue weighted by Gasteiger charge is 2.18. The van der Waals surface area contributed by atoms with Crippen LogP contribution in [0.2, 0.25) is 10.0 Å². The molecule has 0 saturated heterocycles. The van der Waals surface area contributed by atoms with Gasteiger partial charge in [-0.1, -0.05) is 23.2 Å². The third kappa shape index (κ3) is 15.2. The minimum Gasteiger partial charge on any atom is -0.480 e. The van der Waals surface area contributed by atoms with Crippen molar-refractivity contribution >= 4 is 78.4 Å². The summed E-state index contributed by atoms with van der Waals surface area (Å²) in [5.74, 6) is -3.62. The molecule has 18 nitrogen and oxygen atoms in total. The van der Waals surface area contributed by atoms with Crippen LogP contribution in [0.1, 0.15) is 0 Å². The van der Waals surface area contributed by atoms with Gasteiger partial charge < -0.3 is 30.3 Å². The van der Waals surface area contributed by atoms with Gasteiger partial charge in [0.05, 0.1) is 83.8 Å². The summed E-state index contributed by atoms with van der Waals surface area (Å²) in [6.07, 6.45) is 0. The topological polar surface area (TPSA) is 278 Å². The van der Waals surface area contributed by atoms with E-state index in [1.807, 2.05) is 0 Å². The summed E-state index contributed by atoms with van der Waals surface area (Å²) in [7, 11) is -8.01. The zero-order chi connectivity index (χ0) is 36.1. The van der Waals surface area contributed by atoms with Gasteiger partial charge in [-0.3, -0.25) is 29.0 Å².